The van der Waals surface area contributed by atoms with E-state index >= 15 is 0 Å². The van der Waals surface area contributed by atoms with Crippen molar-refractivity contribution in [1.29, 1.82) is 0 Å². The van der Waals surface area contributed by atoms with E-state index in [0.29, 0.717) is 10.0 Å². The van der Waals surface area contributed by atoms with Gasteiger partial charge in [-0.05, 0) is 43.3 Å². The maximum atomic E-state index is 6.17. The molecule has 1 heterocycles. The van der Waals surface area contributed by atoms with Crippen molar-refractivity contribution < 1.29 is 0 Å². The monoisotopic (exact) mass is 281 g/mol. The molecule has 0 radical (unpaired) electrons. The fourth-order valence-corrected chi connectivity index (χ4v) is 2.17. The van der Waals surface area contributed by atoms with Crippen LogP contribution in [0.1, 0.15) is 17.3 Å². The summed E-state index contributed by atoms with van der Waals surface area (Å²) in [6.45, 7) is 0. The van der Waals surface area contributed by atoms with Crippen LogP contribution in [0.25, 0.3) is 0 Å². The topological polar surface area (TPSA) is 37.8 Å². The molecule has 2 aromatic rings. The molecule has 2 rings (SSSR count). The van der Waals surface area contributed by atoms with Gasteiger partial charge in [0.05, 0.1) is 11.7 Å². The number of hydrogen-bond donors (Lipinski definition) is 1. The van der Waals surface area contributed by atoms with E-state index < -0.39 is 0 Å². The molecular weight excluding hydrogens is 269 g/mol. The summed E-state index contributed by atoms with van der Waals surface area (Å²) >= 11 is 12.2. The number of nitrogens with zero attached hydrogens (tertiary/aromatic N) is 2. The molecule has 0 saturated heterocycles. The van der Waals surface area contributed by atoms with Crippen molar-refractivity contribution >= 4 is 23.2 Å². The van der Waals surface area contributed by atoms with Crippen LogP contribution in [0.2, 0.25) is 10.0 Å². The van der Waals surface area contributed by atoms with Crippen LogP contribution in [0, 0.1) is 0 Å². The van der Waals surface area contributed by atoms with Gasteiger partial charge in [-0.15, -0.1) is 0 Å². The number of benzene rings is 1. The van der Waals surface area contributed by atoms with Crippen molar-refractivity contribution in [3.63, 3.8) is 0 Å². The lowest BCUT2D eigenvalue weighted by Crippen LogP contribution is -2.20. The third-order valence-electron chi connectivity index (χ3n) is 2.74. The Kier molecular flexibility index (Phi) is 4.53. The van der Waals surface area contributed by atoms with Gasteiger partial charge in [0.2, 0.25) is 0 Å². The molecule has 0 fully saturated rings. The number of hydrogen-bond acceptors (Lipinski definition) is 3. The predicted octanol–water partition coefficient (Wildman–Crippen LogP) is 3.29. The largest absolute Gasteiger partial charge is 0.311 e. The van der Waals surface area contributed by atoms with E-state index in [0.717, 1.165) is 17.7 Å². The van der Waals surface area contributed by atoms with Crippen molar-refractivity contribution in [2.75, 3.05) is 7.05 Å². The van der Waals surface area contributed by atoms with Crippen LogP contribution >= 0.6 is 23.2 Å². The van der Waals surface area contributed by atoms with Gasteiger partial charge < -0.3 is 5.32 Å². The summed E-state index contributed by atoms with van der Waals surface area (Å²) in [5.74, 6) is 0. The average Bonchev–Trinajstić information content (AvgIpc) is 2.41. The Morgan fingerprint density at radius 3 is 2.78 bits per heavy atom. The first-order valence-corrected chi connectivity index (χ1v) is 6.33. The molecule has 94 valence electrons. The van der Waals surface area contributed by atoms with Crippen LogP contribution in [0.5, 0.6) is 0 Å². The number of nitrogens with one attached hydrogen (secondary N) is 1. The SMILES string of the molecule is CNC(Cc1cc(Cl)ccc1Cl)c1ccncn1. The highest BCUT2D eigenvalue weighted by molar-refractivity contribution is 6.33. The Balaban J connectivity index is 2.23. The van der Waals surface area contributed by atoms with Crippen molar-refractivity contribution in [2.24, 2.45) is 0 Å². The van der Waals surface area contributed by atoms with Gasteiger partial charge in [0.15, 0.2) is 0 Å². The normalized spacial score (nSPS) is 12.4. The summed E-state index contributed by atoms with van der Waals surface area (Å²) in [6, 6.07) is 7.46. The minimum Gasteiger partial charge on any atom is -0.311 e. The molecule has 0 amide bonds. The highest BCUT2D eigenvalue weighted by Crippen LogP contribution is 2.25. The Morgan fingerprint density at radius 2 is 2.11 bits per heavy atom. The number of rotatable bonds is 4. The zero-order chi connectivity index (χ0) is 13.0. The van der Waals surface area contributed by atoms with Crippen molar-refractivity contribution in [1.82, 2.24) is 15.3 Å². The molecule has 1 unspecified atom stereocenters. The van der Waals surface area contributed by atoms with Gasteiger partial charge >= 0.3 is 0 Å². The fourth-order valence-electron chi connectivity index (χ4n) is 1.78. The van der Waals surface area contributed by atoms with E-state index in [1.54, 1.807) is 18.6 Å². The lowest BCUT2D eigenvalue weighted by atomic mass is 10.0. The van der Waals surface area contributed by atoms with Gasteiger partial charge in [0, 0.05) is 16.2 Å². The van der Waals surface area contributed by atoms with E-state index in [-0.39, 0.29) is 6.04 Å². The quantitative estimate of drug-likeness (QED) is 0.935. The minimum absolute atomic E-state index is 0.0870. The molecule has 0 aliphatic heterocycles. The zero-order valence-corrected chi connectivity index (χ0v) is 11.4. The first-order valence-electron chi connectivity index (χ1n) is 5.58. The second-order valence-electron chi connectivity index (χ2n) is 3.92. The summed E-state index contributed by atoms with van der Waals surface area (Å²) < 4.78 is 0. The summed E-state index contributed by atoms with van der Waals surface area (Å²) in [7, 11) is 1.89. The van der Waals surface area contributed by atoms with Gasteiger partial charge in [-0.1, -0.05) is 23.2 Å². The van der Waals surface area contributed by atoms with E-state index in [9.17, 15) is 0 Å². The Labute approximate surface area is 116 Å². The van der Waals surface area contributed by atoms with Crippen LogP contribution < -0.4 is 5.32 Å². The molecule has 1 N–H and O–H groups in total. The Morgan fingerprint density at radius 1 is 1.28 bits per heavy atom. The van der Waals surface area contributed by atoms with E-state index in [4.69, 9.17) is 23.2 Å². The summed E-state index contributed by atoms with van der Waals surface area (Å²) in [6.07, 6.45) is 4.00. The van der Waals surface area contributed by atoms with Crippen LogP contribution in [-0.4, -0.2) is 17.0 Å². The van der Waals surface area contributed by atoms with Gasteiger partial charge in [-0.2, -0.15) is 0 Å². The summed E-state index contributed by atoms with van der Waals surface area (Å²) in [5, 5.41) is 4.62. The second kappa shape index (κ2) is 6.14. The third kappa shape index (κ3) is 3.19. The Bertz CT molecular complexity index is 517. The lowest BCUT2D eigenvalue weighted by molar-refractivity contribution is 0.574. The van der Waals surface area contributed by atoms with Crippen LogP contribution in [0.3, 0.4) is 0 Å². The summed E-state index contributed by atoms with van der Waals surface area (Å²) in [4.78, 5) is 8.16. The lowest BCUT2D eigenvalue weighted by Gasteiger charge is -2.16. The standard InChI is InChI=1S/C13H13Cl2N3/c1-16-13(12-4-5-17-8-18-12)7-9-6-10(14)2-3-11(9)15/h2-6,8,13,16H,7H2,1H3. The highest BCUT2D eigenvalue weighted by Gasteiger charge is 2.13. The van der Waals surface area contributed by atoms with Gasteiger partial charge in [0.1, 0.15) is 6.33 Å². The second-order valence-corrected chi connectivity index (χ2v) is 4.76. The maximum absolute atomic E-state index is 6.17. The molecule has 0 aliphatic rings. The molecule has 0 bridgehead atoms. The molecule has 3 nitrogen and oxygen atoms in total. The van der Waals surface area contributed by atoms with Gasteiger partial charge in [0.25, 0.3) is 0 Å². The maximum Gasteiger partial charge on any atom is 0.115 e. The van der Waals surface area contributed by atoms with Crippen molar-refractivity contribution in [3.05, 3.63) is 58.1 Å². The van der Waals surface area contributed by atoms with Gasteiger partial charge in [-0.3, -0.25) is 0 Å². The highest BCUT2D eigenvalue weighted by atomic mass is 35.5. The van der Waals surface area contributed by atoms with Crippen LogP contribution in [-0.2, 0) is 6.42 Å². The molecule has 1 aromatic carbocycles. The van der Waals surface area contributed by atoms with Crippen molar-refractivity contribution in [2.45, 2.75) is 12.5 Å². The molecule has 0 saturated carbocycles. The number of halogens is 2. The number of aromatic nitrogens is 2. The molecule has 18 heavy (non-hydrogen) atoms. The third-order valence-corrected chi connectivity index (χ3v) is 3.35. The molecule has 5 heteroatoms. The molecule has 0 spiro atoms. The summed E-state index contributed by atoms with van der Waals surface area (Å²) in [5.41, 5.74) is 1.94. The zero-order valence-electron chi connectivity index (χ0n) is 9.90. The molecule has 1 aromatic heterocycles. The van der Waals surface area contributed by atoms with Crippen LogP contribution in [0.15, 0.2) is 36.8 Å². The number of likely N-dealkylation sites (N-methyl/N-ethyl adjacent to an activating group) is 1. The van der Waals surface area contributed by atoms with E-state index in [1.165, 1.54) is 0 Å². The van der Waals surface area contributed by atoms with Gasteiger partial charge in [-0.25, -0.2) is 9.97 Å². The first kappa shape index (κ1) is 13.3. The average molecular weight is 282 g/mol. The van der Waals surface area contributed by atoms with E-state index in [1.807, 2.05) is 25.2 Å². The first-order chi connectivity index (χ1) is 8.70. The molecular formula is C13H13Cl2N3. The van der Waals surface area contributed by atoms with E-state index in [2.05, 4.69) is 15.3 Å². The Hall–Kier alpha value is -1.16. The molecule has 0 aliphatic carbocycles. The minimum atomic E-state index is 0.0870. The van der Waals surface area contributed by atoms with Crippen LogP contribution in [0.4, 0.5) is 0 Å². The molecule has 1 atom stereocenters. The van der Waals surface area contributed by atoms with Crippen molar-refractivity contribution in [3.8, 4) is 0 Å². The predicted molar refractivity (Wildman–Crippen MR) is 74.0 cm³/mol. The fraction of sp³-hybridized carbons (Fsp3) is 0.231. The smallest absolute Gasteiger partial charge is 0.115 e.